The summed E-state index contributed by atoms with van der Waals surface area (Å²) in [5.41, 5.74) is 0.635. The molecule has 1 aromatic carbocycles. The summed E-state index contributed by atoms with van der Waals surface area (Å²) in [6, 6.07) is -0.833. The van der Waals surface area contributed by atoms with Gasteiger partial charge in [0.25, 0.3) is 0 Å². The minimum atomic E-state index is -1.86. The first-order valence-electron chi connectivity index (χ1n) is 9.38. The Bertz CT molecular complexity index is 642. The highest BCUT2D eigenvalue weighted by atomic mass is 16.1. The van der Waals surface area contributed by atoms with Gasteiger partial charge in [0.1, 0.15) is 0 Å². The lowest BCUT2D eigenvalue weighted by atomic mass is 10.0. The zero-order valence-electron chi connectivity index (χ0n) is 16.6. The van der Waals surface area contributed by atoms with Crippen molar-refractivity contribution >= 4 is 11.6 Å². The van der Waals surface area contributed by atoms with Crippen molar-refractivity contribution in [3.8, 4) is 0 Å². The van der Waals surface area contributed by atoms with Crippen LogP contribution >= 0.6 is 0 Å². The molecule has 1 N–H and O–H groups in total. The van der Waals surface area contributed by atoms with E-state index in [0.717, 1.165) is 25.9 Å². The number of anilines is 1. The van der Waals surface area contributed by atoms with Crippen molar-refractivity contribution in [2.75, 3.05) is 25.0 Å². The number of nitrogens with one attached hydrogen (secondary N) is 1. The highest BCUT2D eigenvalue weighted by Gasteiger charge is 2.20. The molecule has 0 aromatic heterocycles. The van der Waals surface area contributed by atoms with E-state index in [4.69, 9.17) is 6.85 Å². The molecule has 3 heteroatoms. The summed E-state index contributed by atoms with van der Waals surface area (Å²) in [6.07, 6.45) is -0.0975. The van der Waals surface area contributed by atoms with E-state index in [9.17, 15) is 4.79 Å². The van der Waals surface area contributed by atoms with Gasteiger partial charge in [0.05, 0.1) is 10.5 Å². The minimum Gasteiger partial charge on any atom is -0.326 e. The number of hydrogen-bond acceptors (Lipinski definition) is 2. The zero-order valence-corrected chi connectivity index (χ0v) is 11.6. The first-order chi connectivity index (χ1) is 11.2. The molecule has 0 unspecified atom stereocenters. The topological polar surface area (TPSA) is 32.3 Å². The highest BCUT2D eigenvalue weighted by Crippen LogP contribution is 2.26. The van der Waals surface area contributed by atoms with E-state index < -0.39 is 6.37 Å². The molecule has 0 atom stereocenters. The van der Waals surface area contributed by atoms with E-state index in [-0.39, 0.29) is 48.3 Å². The van der Waals surface area contributed by atoms with Crippen LogP contribution in [0.2, 0.25) is 0 Å². The van der Waals surface area contributed by atoms with Crippen molar-refractivity contribution in [2.24, 2.45) is 0 Å². The Balaban J connectivity index is 2.49. The maximum Gasteiger partial charge on any atom is 0.228 e. The second kappa shape index (κ2) is 6.71. The van der Waals surface area contributed by atoms with E-state index in [2.05, 4.69) is 5.32 Å². The molecule has 0 radical (unpaired) electrons. The predicted molar refractivity (Wildman–Crippen MR) is 79.5 cm³/mol. The van der Waals surface area contributed by atoms with Gasteiger partial charge < -0.3 is 10.2 Å². The van der Waals surface area contributed by atoms with Crippen LogP contribution in [0, 0.1) is 0 Å². The van der Waals surface area contributed by atoms with Gasteiger partial charge >= 0.3 is 0 Å². The zero-order chi connectivity index (χ0) is 18.1. The predicted octanol–water partition coefficient (Wildman–Crippen LogP) is 2.85. The van der Waals surface area contributed by atoms with Gasteiger partial charge in [0.15, 0.2) is 0 Å². The van der Waals surface area contributed by atoms with Gasteiger partial charge in [-0.25, -0.2) is 0 Å². The van der Waals surface area contributed by atoms with Crippen LogP contribution in [0.25, 0.3) is 0 Å². The van der Waals surface area contributed by atoms with Crippen molar-refractivity contribution in [3.63, 3.8) is 0 Å². The van der Waals surface area contributed by atoms with Gasteiger partial charge in [-0.3, -0.25) is 4.79 Å². The number of fused-ring (bicyclic) bond motifs is 1. The molecule has 1 heterocycles. The van der Waals surface area contributed by atoms with Crippen LogP contribution in [-0.2, 0) is 17.6 Å². The molecule has 2 rings (SSSR count). The Hall–Kier alpha value is -1.35. The maximum absolute atomic E-state index is 11.7. The molecule has 3 nitrogen and oxygen atoms in total. The maximum atomic E-state index is 11.7. The lowest BCUT2D eigenvalue weighted by Gasteiger charge is -2.21. The molecular formula is C16H24N2O. The molecule has 19 heavy (non-hydrogen) atoms. The minimum absolute atomic E-state index is 0.0379. The van der Waals surface area contributed by atoms with Gasteiger partial charge in [-0.05, 0) is 49.5 Å². The van der Waals surface area contributed by atoms with Crippen LogP contribution in [-0.4, -0.2) is 30.4 Å². The summed E-state index contributed by atoms with van der Waals surface area (Å²) in [5.74, 6) is -0.320. The Morgan fingerprint density at radius 3 is 2.74 bits per heavy atom. The summed E-state index contributed by atoms with van der Waals surface area (Å²) in [4.78, 5) is 13.7. The molecule has 104 valence electrons. The van der Waals surface area contributed by atoms with Crippen LogP contribution in [0.3, 0.4) is 0 Å². The third kappa shape index (κ3) is 3.57. The monoisotopic (exact) mass is 265 g/mol. The van der Waals surface area contributed by atoms with E-state index in [1.54, 1.807) is 0 Å². The molecule has 0 aliphatic carbocycles. The number of hydrogen-bond donors (Lipinski definition) is 1. The number of carbonyl (C=O) groups excluding carboxylic acids is 1. The van der Waals surface area contributed by atoms with Gasteiger partial charge in [-0.1, -0.05) is 25.9 Å². The van der Waals surface area contributed by atoms with Gasteiger partial charge in [-0.2, -0.15) is 0 Å². The van der Waals surface area contributed by atoms with Gasteiger partial charge in [0, 0.05) is 15.0 Å². The van der Waals surface area contributed by atoms with Gasteiger partial charge in [-0.15, -0.1) is 0 Å². The fourth-order valence-electron chi connectivity index (χ4n) is 2.30. The van der Waals surface area contributed by atoms with E-state index in [1.807, 2.05) is 18.7 Å². The van der Waals surface area contributed by atoms with Crippen LogP contribution in [0.4, 0.5) is 5.69 Å². The number of nitrogens with zero attached hydrogens (tertiary/aromatic N) is 1. The lowest BCUT2D eigenvalue weighted by molar-refractivity contribution is -0.115. The third-order valence-corrected chi connectivity index (χ3v) is 3.14. The molecule has 0 spiro atoms. The standard InChI is InChI=1S/C16H24N2O/c1-3-9-18(10-4-2)11-8-13-6-5-7-15-14(13)12-16(19)17-15/h5-7H,3-4,8-12H2,1-2H3,(H,17,19)/i5D,6D,7D,8D2. The normalized spacial score (nSPS) is 18.3. The molecular weight excluding hydrogens is 236 g/mol. The van der Waals surface area contributed by atoms with Crippen molar-refractivity contribution in [1.29, 1.82) is 0 Å². The number of amides is 1. The average molecular weight is 265 g/mol. The Morgan fingerprint density at radius 1 is 1.32 bits per heavy atom. The van der Waals surface area contributed by atoms with E-state index >= 15 is 0 Å². The summed E-state index contributed by atoms with van der Waals surface area (Å²) in [5, 5.41) is 2.54. The molecule has 1 aromatic rings. The molecule has 0 bridgehead atoms. The third-order valence-electron chi connectivity index (χ3n) is 3.14. The fraction of sp³-hybridized carbons (Fsp3) is 0.562. The second-order valence-corrected chi connectivity index (χ2v) is 4.78. The largest absolute Gasteiger partial charge is 0.326 e. The summed E-state index contributed by atoms with van der Waals surface area (Å²) in [6.45, 7) is 5.68. The Labute approximate surface area is 123 Å². The summed E-state index contributed by atoms with van der Waals surface area (Å²) in [7, 11) is 0. The lowest BCUT2D eigenvalue weighted by Crippen LogP contribution is -2.28. The number of benzene rings is 1. The van der Waals surface area contributed by atoms with Crippen LogP contribution in [0.15, 0.2) is 18.1 Å². The van der Waals surface area contributed by atoms with Crippen LogP contribution in [0.1, 0.15) is 44.7 Å². The van der Waals surface area contributed by atoms with Crippen LogP contribution in [0.5, 0.6) is 0 Å². The van der Waals surface area contributed by atoms with Gasteiger partial charge in [0.2, 0.25) is 5.91 Å². The average Bonchev–Trinajstić information content (AvgIpc) is 2.86. The summed E-state index contributed by atoms with van der Waals surface area (Å²) >= 11 is 0. The molecule has 1 amide bonds. The molecule has 1 aliphatic rings. The first kappa shape index (κ1) is 8.75. The number of carbonyl (C=O) groups is 1. The van der Waals surface area contributed by atoms with E-state index in [0.29, 0.717) is 5.56 Å². The van der Waals surface area contributed by atoms with E-state index in [1.165, 1.54) is 0 Å². The van der Waals surface area contributed by atoms with Crippen molar-refractivity contribution < 1.29 is 11.6 Å². The Morgan fingerprint density at radius 2 is 2.05 bits per heavy atom. The quantitative estimate of drug-likeness (QED) is 0.822. The molecule has 0 saturated heterocycles. The Kier molecular flexibility index (Phi) is 3.09. The molecule has 0 saturated carbocycles. The van der Waals surface area contributed by atoms with Crippen molar-refractivity contribution in [1.82, 2.24) is 4.90 Å². The first-order valence-corrected chi connectivity index (χ1v) is 6.88. The van der Waals surface area contributed by atoms with Crippen LogP contribution < -0.4 is 5.32 Å². The van der Waals surface area contributed by atoms with Crippen molar-refractivity contribution in [2.45, 2.75) is 39.5 Å². The molecule has 0 fully saturated rings. The number of rotatable bonds is 7. The smallest absolute Gasteiger partial charge is 0.228 e. The highest BCUT2D eigenvalue weighted by molar-refractivity contribution is 5.99. The molecule has 1 aliphatic heterocycles. The van der Waals surface area contributed by atoms with Crippen molar-refractivity contribution in [3.05, 3.63) is 29.3 Å². The summed E-state index contributed by atoms with van der Waals surface area (Å²) < 4.78 is 41.1. The fourth-order valence-corrected chi connectivity index (χ4v) is 2.30. The SMILES string of the molecule is [2H]c1c([2H])c2c(c(C([2H])([2H])CN(CCC)CCC)c1[2H])CC(=O)N2. The second-order valence-electron chi connectivity index (χ2n) is 4.78.